The average molecular weight is 397 g/mol. The number of halogens is 1. The van der Waals surface area contributed by atoms with Gasteiger partial charge >= 0.3 is 0 Å². The summed E-state index contributed by atoms with van der Waals surface area (Å²) in [7, 11) is 0. The molecule has 28 heavy (non-hydrogen) atoms. The molecule has 0 unspecified atom stereocenters. The fourth-order valence-corrected chi connectivity index (χ4v) is 4.04. The van der Waals surface area contributed by atoms with Crippen molar-refractivity contribution >= 4 is 43.5 Å². The smallest absolute Gasteiger partial charge is 0.267 e. The van der Waals surface area contributed by atoms with Gasteiger partial charge in [-0.15, -0.1) is 0 Å². The van der Waals surface area contributed by atoms with Gasteiger partial charge in [0.25, 0.3) is 11.5 Å². The Labute approximate surface area is 162 Å². The van der Waals surface area contributed by atoms with E-state index in [-0.39, 0.29) is 16.4 Å². The van der Waals surface area contributed by atoms with E-state index >= 15 is 0 Å². The van der Waals surface area contributed by atoms with Crippen LogP contribution in [0.15, 0.2) is 47.3 Å². The van der Waals surface area contributed by atoms with Gasteiger partial charge in [-0.25, -0.2) is 9.37 Å². The predicted octanol–water partition coefficient (Wildman–Crippen LogP) is 4.12. The monoisotopic (exact) mass is 397 g/mol. The molecule has 2 aromatic heterocycles. The molecule has 1 amide bonds. The molecule has 0 aliphatic rings. The lowest BCUT2D eigenvalue weighted by molar-refractivity contribution is 0.102. The van der Waals surface area contributed by atoms with Gasteiger partial charge in [-0.05, 0) is 36.8 Å². The highest BCUT2D eigenvalue weighted by Gasteiger charge is 2.23. The summed E-state index contributed by atoms with van der Waals surface area (Å²) in [5, 5.41) is 13.8. The molecule has 0 aliphatic heterocycles. The number of amides is 1. The summed E-state index contributed by atoms with van der Waals surface area (Å²) < 4.78 is 15.4. The zero-order chi connectivity index (χ0) is 19.8. The number of aryl methyl sites for hydroxylation is 1. The number of pyridine rings is 1. The molecule has 0 saturated carbocycles. The summed E-state index contributed by atoms with van der Waals surface area (Å²) in [6.45, 7) is 2.34. The predicted molar refractivity (Wildman–Crippen MR) is 108 cm³/mol. The Balaban J connectivity index is 1.80. The van der Waals surface area contributed by atoms with Crippen LogP contribution in [-0.2, 0) is 6.54 Å². The van der Waals surface area contributed by atoms with Gasteiger partial charge < -0.3 is 9.67 Å². The number of nitrogens with one attached hydrogen (secondary N) is 1. The third kappa shape index (κ3) is 3.01. The first-order valence-corrected chi connectivity index (χ1v) is 9.53. The van der Waals surface area contributed by atoms with Crippen LogP contribution in [0.5, 0.6) is 5.75 Å². The molecule has 2 N–H and O–H groups in total. The number of hydrogen-bond acceptors (Lipinski definition) is 5. The van der Waals surface area contributed by atoms with Crippen LogP contribution in [-0.4, -0.2) is 20.6 Å². The topological polar surface area (TPSA) is 84.2 Å². The lowest BCUT2D eigenvalue weighted by Crippen LogP contribution is -2.29. The second-order valence-corrected chi connectivity index (χ2v) is 7.31. The van der Waals surface area contributed by atoms with E-state index in [9.17, 15) is 19.1 Å². The quantitative estimate of drug-likeness (QED) is 0.543. The number of benzene rings is 2. The SMILES string of the molecule is CCCn1c(=O)c(C(=O)Nc2nc3ccc(F)cc3s2)c(O)c2ccccc21. The van der Waals surface area contributed by atoms with Crippen LogP contribution in [0.1, 0.15) is 23.7 Å². The normalized spacial score (nSPS) is 11.2. The number of carbonyl (C=O) groups excluding carboxylic acids is 1. The summed E-state index contributed by atoms with van der Waals surface area (Å²) in [6.07, 6.45) is 0.694. The van der Waals surface area contributed by atoms with E-state index in [0.717, 1.165) is 11.3 Å². The van der Waals surface area contributed by atoms with Gasteiger partial charge in [-0.1, -0.05) is 30.4 Å². The van der Waals surface area contributed by atoms with Gasteiger partial charge in [-0.2, -0.15) is 0 Å². The van der Waals surface area contributed by atoms with Crippen molar-refractivity contribution in [1.29, 1.82) is 0 Å². The third-order valence-electron chi connectivity index (χ3n) is 4.39. The lowest BCUT2D eigenvalue weighted by Gasteiger charge is -2.13. The first kappa shape index (κ1) is 18.1. The van der Waals surface area contributed by atoms with Gasteiger partial charge in [0.1, 0.15) is 17.1 Å². The second kappa shape index (κ2) is 7.05. The minimum absolute atomic E-state index is 0.222. The minimum Gasteiger partial charge on any atom is -0.506 e. The summed E-state index contributed by atoms with van der Waals surface area (Å²) in [5.74, 6) is -1.51. The highest BCUT2D eigenvalue weighted by Crippen LogP contribution is 2.29. The number of anilines is 1. The maximum Gasteiger partial charge on any atom is 0.267 e. The fraction of sp³-hybridized carbons (Fsp3) is 0.150. The molecule has 0 atom stereocenters. The first-order chi connectivity index (χ1) is 13.5. The van der Waals surface area contributed by atoms with Crippen molar-refractivity contribution in [1.82, 2.24) is 9.55 Å². The molecular weight excluding hydrogens is 381 g/mol. The number of rotatable bonds is 4. The van der Waals surface area contributed by atoms with Crippen LogP contribution in [0.2, 0.25) is 0 Å². The maximum atomic E-state index is 13.4. The Hall–Kier alpha value is -3.26. The molecule has 0 aliphatic carbocycles. The van der Waals surface area contributed by atoms with Crippen LogP contribution in [0.25, 0.3) is 21.1 Å². The Morgan fingerprint density at radius 3 is 2.86 bits per heavy atom. The van der Waals surface area contributed by atoms with Crippen molar-refractivity contribution in [3.8, 4) is 5.75 Å². The molecule has 8 heteroatoms. The van der Waals surface area contributed by atoms with Crippen LogP contribution < -0.4 is 10.9 Å². The van der Waals surface area contributed by atoms with Crippen molar-refractivity contribution in [3.05, 3.63) is 64.2 Å². The molecule has 0 spiro atoms. The van der Waals surface area contributed by atoms with E-state index < -0.39 is 17.3 Å². The highest BCUT2D eigenvalue weighted by molar-refractivity contribution is 7.22. The Morgan fingerprint density at radius 1 is 1.29 bits per heavy atom. The van der Waals surface area contributed by atoms with E-state index in [1.807, 2.05) is 6.92 Å². The molecule has 0 radical (unpaired) electrons. The number of aromatic nitrogens is 2. The number of thiazole rings is 1. The minimum atomic E-state index is -0.752. The number of hydrogen-bond donors (Lipinski definition) is 2. The Kier molecular flexibility index (Phi) is 4.56. The molecule has 0 bridgehead atoms. The molecular formula is C20H16FN3O3S. The Morgan fingerprint density at radius 2 is 2.07 bits per heavy atom. The van der Waals surface area contributed by atoms with Gasteiger partial charge in [0.15, 0.2) is 5.13 Å². The van der Waals surface area contributed by atoms with E-state index in [2.05, 4.69) is 10.3 Å². The standard InChI is InChI=1S/C20H16FN3O3S/c1-2-9-24-14-6-4-3-5-12(14)17(25)16(19(24)27)18(26)23-20-22-13-8-7-11(21)10-15(13)28-20/h3-8,10,25H,2,9H2,1H3,(H,22,23,26). The van der Waals surface area contributed by atoms with Crippen LogP contribution >= 0.6 is 11.3 Å². The number of para-hydroxylation sites is 1. The number of fused-ring (bicyclic) bond motifs is 2. The largest absolute Gasteiger partial charge is 0.506 e. The van der Waals surface area contributed by atoms with Gasteiger partial charge in [0.05, 0.1) is 15.7 Å². The lowest BCUT2D eigenvalue weighted by atomic mass is 10.1. The van der Waals surface area contributed by atoms with Crippen LogP contribution in [0.4, 0.5) is 9.52 Å². The average Bonchev–Trinajstić information content (AvgIpc) is 3.06. The molecule has 142 valence electrons. The second-order valence-electron chi connectivity index (χ2n) is 6.28. The fourth-order valence-electron chi connectivity index (χ4n) is 3.15. The summed E-state index contributed by atoms with van der Waals surface area (Å²) in [4.78, 5) is 30.0. The van der Waals surface area contributed by atoms with Crippen molar-refractivity contribution in [2.24, 2.45) is 0 Å². The van der Waals surface area contributed by atoms with Crippen molar-refractivity contribution in [2.45, 2.75) is 19.9 Å². The van der Waals surface area contributed by atoms with Crippen molar-refractivity contribution < 1.29 is 14.3 Å². The summed E-state index contributed by atoms with van der Waals surface area (Å²) in [6, 6.07) is 11.0. The molecule has 2 aromatic carbocycles. The summed E-state index contributed by atoms with van der Waals surface area (Å²) >= 11 is 1.09. The third-order valence-corrected chi connectivity index (χ3v) is 5.32. The molecule has 0 fully saturated rings. The summed E-state index contributed by atoms with van der Waals surface area (Å²) in [5.41, 5.74) is 0.201. The molecule has 4 rings (SSSR count). The van der Waals surface area contributed by atoms with Crippen molar-refractivity contribution in [3.63, 3.8) is 0 Å². The van der Waals surface area contributed by atoms with E-state index in [1.54, 1.807) is 24.3 Å². The number of aromatic hydroxyl groups is 1. The van der Waals surface area contributed by atoms with Crippen LogP contribution in [0, 0.1) is 5.82 Å². The van der Waals surface area contributed by atoms with E-state index in [4.69, 9.17) is 0 Å². The maximum absolute atomic E-state index is 13.4. The first-order valence-electron chi connectivity index (χ1n) is 8.71. The molecule has 2 heterocycles. The van der Waals surface area contributed by atoms with Gasteiger partial charge in [0.2, 0.25) is 0 Å². The van der Waals surface area contributed by atoms with Gasteiger partial charge in [0, 0.05) is 11.9 Å². The zero-order valence-electron chi connectivity index (χ0n) is 14.9. The van der Waals surface area contributed by atoms with Crippen LogP contribution in [0.3, 0.4) is 0 Å². The zero-order valence-corrected chi connectivity index (χ0v) is 15.7. The van der Waals surface area contributed by atoms with Gasteiger partial charge in [-0.3, -0.25) is 14.9 Å². The van der Waals surface area contributed by atoms with E-state index in [0.29, 0.717) is 34.1 Å². The number of nitrogens with zero attached hydrogens (tertiary/aromatic N) is 2. The molecule has 6 nitrogen and oxygen atoms in total. The molecule has 0 saturated heterocycles. The number of carbonyl (C=O) groups is 1. The van der Waals surface area contributed by atoms with Crippen molar-refractivity contribution in [2.75, 3.05) is 5.32 Å². The Bertz CT molecular complexity index is 1280. The van der Waals surface area contributed by atoms with E-state index in [1.165, 1.54) is 22.8 Å². The highest BCUT2D eigenvalue weighted by atomic mass is 32.1. The molecule has 4 aromatic rings.